The van der Waals surface area contributed by atoms with Gasteiger partial charge in [-0.25, -0.2) is 0 Å². The Morgan fingerprint density at radius 1 is 1.05 bits per heavy atom. The molecule has 112 valence electrons. The molecule has 0 saturated carbocycles. The average molecular weight is 318 g/mol. The molecule has 2 aliphatic heterocycles. The third-order valence-corrected chi connectivity index (χ3v) is 4.03. The van der Waals surface area contributed by atoms with E-state index in [9.17, 15) is 4.79 Å². The number of ether oxygens (including phenoxy) is 3. The van der Waals surface area contributed by atoms with Crippen molar-refractivity contribution >= 4 is 23.2 Å². The van der Waals surface area contributed by atoms with Crippen LogP contribution in [0, 0.1) is 0 Å². The Hall–Kier alpha value is -2.40. The van der Waals surface area contributed by atoms with E-state index in [-0.39, 0.29) is 19.3 Å². The molecule has 0 aromatic heterocycles. The zero-order valence-electron chi connectivity index (χ0n) is 11.5. The third kappa shape index (κ3) is 2.14. The summed E-state index contributed by atoms with van der Waals surface area (Å²) in [4.78, 5) is 13.9. The number of rotatable bonds is 2. The number of nitrogens with zero attached hydrogens (tertiary/aromatic N) is 1. The van der Waals surface area contributed by atoms with E-state index in [1.165, 1.54) is 0 Å². The maximum absolute atomic E-state index is 12.2. The SMILES string of the molecule is O=C1COc2ccccc2N1Cc1cc2c(cc1Cl)OCO2. The summed E-state index contributed by atoms with van der Waals surface area (Å²) in [6.07, 6.45) is 0. The average Bonchev–Trinajstić information content (AvgIpc) is 2.97. The predicted octanol–water partition coefficient (Wildman–Crippen LogP) is 2.99. The molecule has 0 bridgehead atoms. The van der Waals surface area contributed by atoms with Crippen molar-refractivity contribution in [3.05, 3.63) is 47.0 Å². The molecule has 0 N–H and O–H groups in total. The van der Waals surface area contributed by atoms with Crippen molar-refractivity contribution in [2.45, 2.75) is 6.54 Å². The lowest BCUT2D eigenvalue weighted by molar-refractivity contribution is -0.121. The van der Waals surface area contributed by atoms with E-state index in [1.807, 2.05) is 30.3 Å². The van der Waals surface area contributed by atoms with Crippen molar-refractivity contribution in [1.29, 1.82) is 0 Å². The maximum Gasteiger partial charge on any atom is 0.265 e. The number of hydrogen-bond acceptors (Lipinski definition) is 4. The molecule has 2 aromatic rings. The summed E-state index contributed by atoms with van der Waals surface area (Å²) in [5, 5.41) is 0.543. The second kappa shape index (κ2) is 5.10. The summed E-state index contributed by atoms with van der Waals surface area (Å²) in [6.45, 7) is 0.572. The molecule has 4 rings (SSSR count). The summed E-state index contributed by atoms with van der Waals surface area (Å²) in [5.41, 5.74) is 1.54. The van der Waals surface area contributed by atoms with Crippen LogP contribution in [-0.2, 0) is 11.3 Å². The largest absolute Gasteiger partial charge is 0.482 e. The number of halogens is 1. The minimum absolute atomic E-state index is 0.0270. The zero-order valence-corrected chi connectivity index (χ0v) is 12.3. The molecule has 0 aliphatic carbocycles. The zero-order chi connectivity index (χ0) is 15.1. The summed E-state index contributed by atoms with van der Waals surface area (Å²) in [7, 11) is 0. The van der Waals surface area contributed by atoms with E-state index < -0.39 is 0 Å². The monoisotopic (exact) mass is 317 g/mol. The predicted molar refractivity (Wildman–Crippen MR) is 80.7 cm³/mol. The second-order valence-electron chi connectivity index (χ2n) is 5.03. The highest BCUT2D eigenvalue weighted by atomic mass is 35.5. The van der Waals surface area contributed by atoms with Gasteiger partial charge in [0, 0.05) is 11.1 Å². The second-order valence-corrected chi connectivity index (χ2v) is 5.44. The Labute approximate surface area is 132 Å². The Morgan fingerprint density at radius 2 is 1.82 bits per heavy atom. The highest BCUT2D eigenvalue weighted by Gasteiger charge is 2.27. The summed E-state index contributed by atoms with van der Waals surface area (Å²) < 4.78 is 16.1. The number of fused-ring (bicyclic) bond motifs is 2. The van der Waals surface area contributed by atoms with E-state index in [1.54, 1.807) is 11.0 Å². The van der Waals surface area contributed by atoms with Crippen molar-refractivity contribution in [1.82, 2.24) is 0 Å². The molecule has 2 aliphatic rings. The number of para-hydroxylation sites is 2. The van der Waals surface area contributed by atoms with E-state index >= 15 is 0 Å². The number of hydrogen-bond donors (Lipinski definition) is 0. The first kappa shape index (κ1) is 13.3. The minimum Gasteiger partial charge on any atom is -0.482 e. The number of carbonyl (C=O) groups is 1. The van der Waals surface area contributed by atoms with Gasteiger partial charge in [-0.1, -0.05) is 23.7 Å². The van der Waals surface area contributed by atoms with Crippen LogP contribution in [0.25, 0.3) is 0 Å². The fourth-order valence-corrected chi connectivity index (χ4v) is 2.79. The van der Waals surface area contributed by atoms with Gasteiger partial charge in [-0.3, -0.25) is 4.79 Å². The molecule has 2 heterocycles. The Bertz CT molecular complexity index is 762. The molecule has 0 spiro atoms. The summed E-state index contributed by atoms with van der Waals surface area (Å²) in [5.74, 6) is 1.86. The number of benzene rings is 2. The Balaban J connectivity index is 1.70. The number of anilines is 1. The van der Waals surface area contributed by atoms with Crippen LogP contribution in [-0.4, -0.2) is 19.3 Å². The Morgan fingerprint density at radius 3 is 2.68 bits per heavy atom. The van der Waals surface area contributed by atoms with Crippen molar-refractivity contribution in [3.63, 3.8) is 0 Å². The summed E-state index contributed by atoms with van der Waals surface area (Å²) >= 11 is 6.30. The summed E-state index contributed by atoms with van der Waals surface area (Å²) in [6, 6.07) is 11.0. The fourth-order valence-electron chi connectivity index (χ4n) is 2.58. The molecule has 0 unspecified atom stereocenters. The molecule has 0 saturated heterocycles. The van der Waals surface area contributed by atoms with Crippen LogP contribution in [0.4, 0.5) is 5.69 Å². The van der Waals surface area contributed by atoms with Crippen LogP contribution in [0.2, 0.25) is 5.02 Å². The molecule has 1 amide bonds. The van der Waals surface area contributed by atoms with Gasteiger partial charge in [-0.05, 0) is 23.8 Å². The van der Waals surface area contributed by atoms with Crippen LogP contribution < -0.4 is 19.1 Å². The van der Waals surface area contributed by atoms with Gasteiger partial charge in [0.15, 0.2) is 18.1 Å². The van der Waals surface area contributed by atoms with Crippen molar-refractivity contribution < 1.29 is 19.0 Å². The van der Waals surface area contributed by atoms with Gasteiger partial charge in [-0.15, -0.1) is 0 Å². The smallest absolute Gasteiger partial charge is 0.265 e. The molecule has 2 aromatic carbocycles. The van der Waals surface area contributed by atoms with E-state index in [2.05, 4.69) is 0 Å². The van der Waals surface area contributed by atoms with E-state index in [0.717, 1.165) is 11.3 Å². The number of carbonyl (C=O) groups excluding carboxylic acids is 1. The van der Waals surface area contributed by atoms with Crippen LogP contribution in [0.3, 0.4) is 0 Å². The van der Waals surface area contributed by atoms with Crippen molar-refractivity contribution in [3.8, 4) is 17.2 Å². The van der Waals surface area contributed by atoms with Gasteiger partial charge in [-0.2, -0.15) is 0 Å². The molecule has 0 radical (unpaired) electrons. The van der Waals surface area contributed by atoms with Gasteiger partial charge in [0.2, 0.25) is 6.79 Å². The topological polar surface area (TPSA) is 48.0 Å². The first-order valence-corrected chi connectivity index (χ1v) is 7.20. The van der Waals surface area contributed by atoms with Crippen LogP contribution in [0.1, 0.15) is 5.56 Å². The lowest BCUT2D eigenvalue weighted by Crippen LogP contribution is -2.38. The molecular formula is C16H12ClNO4. The molecule has 0 fully saturated rings. The third-order valence-electron chi connectivity index (χ3n) is 3.68. The minimum atomic E-state index is -0.104. The molecule has 0 atom stereocenters. The normalized spacial score (nSPS) is 15.5. The van der Waals surface area contributed by atoms with Crippen molar-refractivity contribution in [2.75, 3.05) is 18.3 Å². The lowest BCUT2D eigenvalue weighted by Gasteiger charge is -2.29. The highest BCUT2D eigenvalue weighted by Crippen LogP contribution is 2.39. The van der Waals surface area contributed by atoms with Gasteiger partial charge in [0.25, 0.3) is 5.91 Å². The van der Waals surface area contributed by atoms with Gasteiger partial charge >= 0.3 is 0 Å². The molecule has 5 nitrogen and oxygen atoms in total. The molecular weight excluding hydrogens is 306 g/mol. The highest BCUT2D eigenvalue weighted by molar-refractivity contribution is 6.31. The first-order valence-electron chi connectivity index (χ1n) is 6.82. The van der Waals surface area contributed by atoms with E-state index in [4.69, 9.17) is 25.8 Å². The van der Waals surface area contributed by atoms with E-state index in [0.29, 0.717) is 28.8 Å². The van der Waals surface area contributed by atoms with Crippen LogP contribution in [0.5, 0.6) is 17.2 Å². The van der Waals surface area contributed by atoms with Crippen molar-refractivity contribution in [2.24, 2.45) is 0 Å². The standard InChI is InChI=1S/C16H12ClNO4/c17-11-6-15-14(21-9-22-15)5-10(11)7-18-12-3-1-2-4-13(12)20-8-16(18)19/h1-6H,7-9H2. The number of amides is 1. The van der Waals surface area contributed by atoms with Gasteiger partial charge in [0.1, 0.15) is 5.75 Å². The lowest BCUT2D eigenvalue weighted by atomic mass is 10.1. The first-order chi connectivity index (χ1) is 10.7. The van der Waals surface area contributed by atoms with Crippen LogP contribution in [0.15, 0.2) is 36.4 Å². The van der Waals surface area contributed by atoms with Gasteiger partial charge < -0.3 is 19.1 Å². The molecule has 22 heavy (non-hydrogen) atoms. The quantitative estimate of drug-likeness (QED) is 0.854. The Kier molecular flexibility index (Phi) is 3.08. The maximum atomic E-state index is 12.2. The fraction of sp³-hybridized carbons (Fsp3) is 0.188. The van der Waals surface area contributed by atoms with Gasteiger partial charge in [0.05, 0.1) is 12.2 Å². The van der Waals surface area contributed by atoms with Crippen LogP contribution >= 0.6 is 11.6 Å². The molecule has 6 heteroatoms.